The van der Waals surface area contributed by atoms with Crippen LogP contribution in [0.3, 0.4) is 0 Å². The molecule has 35 heavy (non-hydrogen) atoms. The zero-order chi connectivity index (χ0) is 25.3. The molecular formula is C28H27BrN2O4. The average molecular weight is 535 g/mol. The maximum atomic E-state index is 13.3. The summed E-state index contributed by atoms with van der Waals surface area (Å²) in [6, 6.07) is 20.8. The summed E-state index contributed by atoms with van der Waals surface area (Å²) in [6.07, 6.45) is 0.0104. The summed E-state index contributed by atoms with van der Waals surface area (Å²) in [5, 5.41) is 11.2. The first-order valence-electron chi connectivity index (χ1n) is 11.3. The van der Waals surface area contributed by atoms with Crippen LogP contribution in [0.2, 0.25) is 0 Å². The minimum absolute atomic E-state index is 0.0104. The van der Waals surface area contributed by atoms with Crippen LogP contribution in [0.1, 0.15) is 31.0 Å². The summed E-state index contributed by atoms with van der Waals surface area (Å²) < 4.78 is 6.57. The van der Waals surface area contributed by atoms with Gasteiger partial charge in [0.15, 0.2) is 0 Å². The van der Waals surface area contributed by atoms with Gasteiger partial charge in [0.05, 0.1) is 17.7 Å². The van der Waals surface area contributed by atoms with E-state index in [1.54, 1.807) is 48.5 Å². The number of benzene rings is 3. The van der Waals surface area contributed by atoms with Gasteiger partial charge in [0.1, 0.15) is 11.5 Å². The number of aliphatic hydroxyl groups excluding tert-OH is 1. The predicted molar refractivity (Wildman–Crippen MR) is 142 cm³/mol. The second-order valence-corrected chi connectivity index (χ2v) is 9.74. The number of carbonyl (C=O) groups is 2. The molecule has 3 aromatic rings. The first-order chi connectivity index (χ1) is 16.7. The highest BCUT2D eigenvalue weighted by atomic mass is 79.9. The molecule has 4 rings (SSSR count). The third-order valence-electron chi connectivity index (χ3n) is 5.77. The molecule has 6 nitrogen and oxygen atoms in total. The Morgan fingerprint density at radius 3 is 2.09 bits per heavy atom. The molecule has 1 aliphatic rings. The molecule has 1 unspecified atom stereocenters. The first kappa shape index (κ1) is 24.5. The number of aliphatic hydroxyl groups is 1. The molecule has 1 atom stereocenters. The Labute approximate surface area is 213 Å². The Balaban J connectivity index is 1.86. The zero-order valence-electron chi connectivity index (χ0n) is 20.0. The van der Waals surface area contributed by atoms with E-state index in [2.05, 4.69) is 15.9 Å². The molecular weight excluding hydrogens is 508 g/mol. The summed E-state index contributed by atoms with van der Waals surface area (Å²) in [5.74, 6) is -0.959. The second-order valence-electron chi connectivity index (χ2n) is 8.82. The lowest BCUT2D eigenvalue weighted by molar-refractivity contribution is -0.132. The number of nitrogens with zero attached hydrogens (tertiary/aromatic N) is 2. The Hall–Kier alpha value is -3.58. The minimum Gasteiger partial charge on any atom is -0.507 e. The normalized spacial score (nSPS) is 17.2. The number of carbonyl (C=O) groups excluding carboxylic acids is 2. The summed E-state index contributed by atoms with van der Waals surface area (Å²) in [5.41, 5.74) is 2.75. The van der Waals surface area contributed by atoms with Crippen molar-refractivity contribution < 1.29 is 19.4 Å². The standard InChI is InChI=1S/C28H27BrN2O4/c1-17(2)35-23-15-13-22(14-16-23)31-25(18-7-11-21(12-8-18)30(3)4)24(27(33)28(31)34)26(32)19-5-9-20(29)10-6-19/h5-17,25,32H,1-4H3/b26-24-. The van der Waals surface area contributed by atoms with Gasteiger partial charge in [-0.1, -0.05) is 40.2 Å². The number of hydrogen-bond donors (Lipinski definition) is 1. The van der Waals surface area contributed by atoms with E-state index >= 15 is 0 Å². The molecule has 0 bridgehead atoms. The quantitative estimate of drug-likeness (QED) is 0.241. The van der Waals surface area contributed by atoms with Crippen LogP contribution in [0, 0.1) is 0 Å². The Kier molecular flexibility index (Phi) is 6.98. The van der Waals surface area contributed by atoms with E-state index in [1.807, 2.05) is 57.1 Å². The molecule has 1 saturated heterocycles. The fraction of sp³-hybridized carbons (Fsp3) is 0.214. The third kappa shape index (κ3) is 4.95. The van der Waals surface area contributed by atoms with E-state index in [-0.39, 0.29) is 17.4 Å². The lowest BCUT2D eigenvalue weighted by Gasteiger charge is -2.26. The van der Waals surface area contributed by atoms with Crippen LogP contribution < -0.4 is 14.5 Å². The van der Waals surface area contributed by atoms with Crippen molar-refractivity contribution in [3.05, 3.63) is 94.0 Å². The monoisotopic (exact) mass is 534 g/mol. The first-order valence-corrected chi connectivity index (χ1v) is 12.1. The van der Waals surface area contributed by atoms with Crippen LogP contribution in [0.15, 0.2) is 82.8 Å². The van der Waals surface area contributed by atoms with Gasteiger partial charge in [-0.15, -0.1) is 0 Å². The van der Waals surface area contributed by atoms with Crippen molar-refractivity contribution in [2.24, 2.45) is 0 Å². The minimum atomic E-state index is -0.785. The average Bonchev–Trinajstić information content (AvgIpc) is 3.10. The van der Waals surface area contributed by atoms with Gasteiger partial charge in [0, 0.05) is 35.5 Å². The molecule has 1 aliphatic heterocycles. The number of Topliss-reactive ketones (excluding diaryl/α,β-unsaturated/α-hetero) is 1. The van der Waals surface area contributed by atoms with Crippen molar-refractivity contribution in [2.75, 3.05) is 23.9 Å². The fourth-order valence-electron chi connectivity index (χ4n) is 4.09. The van der Waals surface area contributed by atoms with E-state index < -0.39 is 17.7 Å². The largest absolute Gasteiger partial charge is 0.507 e. The van der Waals surface area contributed by atoms with Crippen LogP contribution in [0.5, 0.6) is 5.75 Å². The topological polar surface area (TPSA) is 70.1 Å². The second kappa shape index (κ2) is 9.96. The smallest absolute Gasteiger partial charge is 0.300 e. The SMILES string of the molecule is CC(C)Oc1ccc(N2C(=O)C(=O)/C(=C(\O)c3ccc(Br)cc3)C2c2ccc(N(C)C)cc2)cc1. The number of ether oxygens (including phenoxy) is 1. The van der Waals surface area contributed by atoms with Crippen molar-refractivity contribution in [2.45, 2.75) is 26.0 Å². The summed E-state index contributed by atoms with van der Waals surface area (Å²) >= 11 is 3.39. The molecule has 1 amide bonds. The fourth-order valence-corrected chi connectivity index (χ4v) is 4.35. The van der Waals surface area contributed by atoms with Gasteiger partial charge in [-0.3, -0.25) is 14.5 Å². The van der Waals surface area contributed by atoms with Crippen molar-refractivity contribution in [3.8, 4) is 5.75 Å². The summed E-state index contributed by atoms with van der Waals surface area (Å²) in [6.45, 7) is 3.87. The van der Waals surface area contributed by atoms with E-state index in [1.165, 1.54) is 4.90 Å². The number of hydrogen-bond acceptors (Lipinski definition) is 5. The van der Waals surface area contributed by atoms with Crippen molar-refractivity contribution in [3.63, 3.8) is 0 Å². The van der Waals surface area contributed by atoms with Gasteiger partial charge >= 0.3 is 0 Å². The van der Waals surface area contributed by atoms with E-state index in [4.69, 9.17) is 4.74 Å². The van der Waals surface area contributed by atoms with Crippen LogP contribution >= 0.6 is 15.9 Å². The van der Waals surface area contributed by atoms with Gasteiger partial charge < -0.3 is 14.7 Å². The molecule has 0 saturated carbocycles. The zero-order valence-corrected chi connectivity index (χ0v) is 21.6. The Bertz CT molecular complexity index is 1260. The highest BCUT2D eigenvalue weighted by Crippen LogP contribution is 2.42. The number of amides is 1. The van der Waals surface area contributed by atoms with Crippen molar-refractivity contribution in [1.82, 2.24) is 0 Å². The van der Waals surface area contributed by atoms with Gasteiger partial charge in [0.25, 0.3) is 11.7 Å². The molecule has 1 heterocycles. The number of halogens is 1. The lowest BCUT2D eigenvalue weighted by Crippen LogP contribution is -2.29. The molecule has 1 fully saturated rings. The molecule has 0 aliphatic carbocycles. The van der Waals surface area contributed by atoms with Crippen LogP contribution in [0.4, 0.5) is 11.4 Å². The number of rotatable bonds is 6. The number of ketones is 1. The van der Waals surface area contributed by atoms with Crippen LogP contribution in [0.25, 0.3) is 5.76 Å². The molecule has 0 aromatic heterocycles. The van der Waals surface area contributed by atoms with Crippen LogP contribution in [-0.4, -0.2) is 37.0 Å². The molecule has 7 heteroatoms. The third-order valence-corrected chi connectivity index (χ3v) is 6.30. The van der Waals surface area contributed by atoms with Gasteiger partial charge in [-0.2, -0.15) is 0 Å². The summed E-state index contributed by atoms with van der Waals surface area (Å²) in [7, 11) is 3.88. The van der Waals surface area contributed by atoms with Gasteiger partial charge in [0.2, 0.25) is 0 Å². The highest BCUT2D eigenvalue weighted by molar-refractivity contribution is 9.10. The van der Waals surface area contributed by atoms with Crippen molar-refractivity contribution in [1.29, 1.82) is 0 Å². The molecule has 0 radical (unpaired) electrons. The van der Waals surface area contributed by atoms with E-state index in [0.29, 0.717) is 17.0 Å². The van der Waals surface area contributed by atoms with Gasteiger partial charge in [-0.05, 0) is 67.9 Å². The van der Waals surface area contributed by atoms with E-state index in [0.717, 1.165) is 15.7 Å². The predicted octanol–water partition coefficient (Wildman–Crippen LogP) is 5.93. The molecule has 0 spiro atoms. The Morgan fingerprint density at radius 2 is 1.54 bits per heavy atom. The van der Waals surface area contributed by atoms with Gasteiger partial charge in [-0.25, -0.2) is 0 Å². The lowest BCUT2D eigenvalue weighted by atomic mass is 9.95. The molecule has 1 N–H and O–H groups in total. The van der Waals surface area contributed by atoms with Crippen LogP contribution in [-0.2, 0) is 9.59 Å². The maximum absolute atomic E-state index is 13.3. The number of anilines is 2. The summed E-state index contributed by atoms with van der Waals surface area (Å²) in [4.78, 5) is 30.0. The maximum Gasteiger partial charge on any atom is 0.300 e. The Morgan fingerprint density at radius 1 is 0.943 bits per heavy atom. The highest BCUT2D eigenvalue weighted by Gasteiger charge is 2.47. The molecule has 180 valence electrons. The van der Waals surface area contributed by atoms with Crippen molar-refractivity contribution >= 4 is 44.8 Å². The van der Waals surface area contributed by atoms with E-state index in [9.17, 15) is 14.7 Å². The molecule has 3 aromatic carbocycles.